The highest BCUT2D eigenvalue weighted by Gasteiger charge is 2.32. The molecule has 1 aromatic rings. The minimum atomic E-state index is 0.315. The minimum absolute atomic E-state index is 0.315. The topological polar surface area (TPSA) is 58.3 Å². The van der Waals surface area contributed by atoms with Gasteiger partial charge in [0.25, 0.3) is 0 Å². The van der Waals surface area contributed by atoms with Gasteiger partial charge in [-0.05, 0) is 26.1 Å². The fraction of sp³-hybridized carbons (Fsp3) is 0.583. The van der Waals surface area contributed by atoms with Crippen LogP contribution in [-0.4, -0.2) is 53.1 Å². The molecule has 1 aromatic heterocycles. The van der Waals surface area contributed by atoms with Gasteiger partial charge in [0.05, 0.1) is 0 Å². The summed E-state index contributed by atoms with van der Waals surface area (Å²) in [6, 6.07) is 2.27. The minimum Gasteiger partial charge on any atom is -0.388 e. The molecule has 1 aliphatic heterocycles. The number of rotatable bonds is 3. The number of hydrogen-bond donors (Lipinski definition) is 1. The summed E-state index contributed by atoms with van der Waals surface area (Å²) in [4.78, 5) is 13.5. The fourth-order valence-corrected chi connectivity index (χ4v) is 2.54. The van der Waals surface area contributed by atoms with E-state index in [-0.39, 0.29) is 0 Å². The molecular formula is C12H19N5S. The second-order valence-electron chi connectivity index (χ2n) is 5.02. The van der Waals surface area contributed by atoms with E-state index in [9.17, 15) is 0 Å². The van der Waals surface area contributed by atoms with Gasteiger partial charge in [-0.1, -0.05) is 19.1 Å². The van der Waals surface area contributed by atoms with Gasteiger partial charge in [0.1, 0.15) is 10.7 Å². The highest BCUT2D eigenvalue weighted by atomic mass is 32.1. The predicted molar refractivity (Wildman–Crippen MR) is 76.8 cm³/mol. The summed E-state index contributed by atoms with van der Waals surface area (Å²) in [5, 5.41) is 0. The van der Waals surface area contributed by atoms with Crippen molar-refractivity contribution in [1.29, 1.82) is 0 Å². The normalized spacial score (nSPS) is 23.7. The first-order valence-electron chi connectivity index (χ1n) is 6.03. The third kappa shape index (κ3) is 2.59. The van der Waals surface area contributed by atoms with Crippen LogP contribution in [0.1, 0.15) is 12.6 Å². The number of thiocarbonyl (C=S) groups is 1. The lowest BCUT2D eigenvalue weighted by Crippen LogP contribution is -2.34. The molecule has 98 valence electrons. The molecule has 2 rings (SSSR count). The number of nitrogens with zero attached hydrogens (tertiary/aromatic N) is 4. The Balaban J connectivity index is 2.18. The first-order chi connectivity index (χ1) is 8.49. The molecule has 2 unspecified atom stereocenters. The highest BCUT2D eigenvalue weighted by molar-refractivity contribution is 7.80. The van der Waals surface area contributed by atoms with Crippen LogP contribution in [0.5, 0.6) is 0 Å². The zero-order chi connectivity index (χ0) is 13.3. The smallest absolute Gasteiger partial charge is 0.226 e. The Morgan fingerprint density at radius 1 is 1.50 bits per heavy atom. The molecule has 2 N–H and O–H groups in total. The maximum Gasteiger partial charge on any atom is 0.226 e. The van der Waals surface area contributed by atoms with Crippen LogP contribution in [0.15, 0.2) is 12.3 Å². The van der Waals surface area contributed by atoms with E-state index in [0.717, 1.165) is 19.0 Å². The molecule has 0 amide bonds. The van der Waals surface area contributed by atoms with E-state index in [4.69, 9.17) is 18.0 Å². The van der Waals surface area contributed by atoms with E-state index >= 15 is 0 Å². The van der Waals surface area contributed by atoms with Crippen LogP contribution in [-0.2, 0) is 0 Å². The third-order valence-electron chi connectivity index (χ3n) is 3.41. The van der Waals surface area contributed by atoms with Crippen molar-refractivity contribution < 1.29 is 0 Å². The zero-order valence-electron chi connectivity index (χ0n) is 11.0. The van der Waals surface area contributed by atoms with E-state index in [1.807, 2.05) is 0 Å². The Hall–Kier alpha value is -1.27. The molecule has 1 aliphatic rings. The predicted octanol–water partition coefficient (Wildman–Crippen LogP) is 0.497. The Kier molecular flexibility index (Phi) is 3.77. The maximum absolute atomic E-state index is 5.60. The van der Waals surface area contributed by atoms with E-state index in [2.05, 4.69) is 40.8 Å². The summed E-state index contributed by atoms with van der Waals surface area (Å²) in [6.07, 6.45) is 1.71. The zero-order valence-corrected chi connectivity index (χ0v) is 11.8. The largest absolute Gasteiger partial charge is 0.388 e. The standard InChI is InChI=1S/C12H19N5S/c1-8-6-17(7-10(8)16(2)3)12-14-5-4-9(15-12)11(13)18/h4-5,8,10H,6-7H2,1-3H3,(H2,13,18). The van der Waals surface area contributed by atoms with Crippen molar-refractivity contribution in [3.8, 4) is 0 Å². The molecule has 0 aromatic carbocycles. The highest BCUT2D eigenvalue weighted by Crippen LogP contribution is 2.23. The van der Waals surface area contributed by atoms with Crippen LogP contribution in [0.3, 0.4) is 0 Å². The molecule has 0 aliphatic carbocycles. The molecule has 5 nitrogen and oxygen atoms in total. The molecule has 0 radical (unpaired) electrons. The van der Waals surface area contributed by atoms with Crippen LogP contribution in [0, 0.1) is 5.92 Å². The van der Waals surface area contributed by atoms with Crippen molar-refractivity contribution >= 4 is 23.2 Å². The maximum atomic E-state index is 5.60. The van der Waals surface area contributed by atoms with E-state index in [1.165, 1.54) is 0 Å². The summed E-state index contributed by atoms with van der Waals surface area (Å²) in [7, 11) is 4.22. The first-order valence-corrected chi connectivity index (χ1v) is 6.44. The SMILES string of the molecule is CC1CN(c2nccc(C(N)=S)n2)CC1N(C)C. The lowest BCUT2D eigenvalue weighted by atomic mass is 10.1. The summed E-state index contributed by atoms with van der Waals surface area (Å²) >= 11 is 4.95. The number of nitrogens with two attached hydrogens (primary N) is 1. The Labute approximate surface area is 113 Å². The lowest BCUT2D eigenvalue weighted by molar-refractivity contribution is 0.266. The van der Waals surface area contributed by atoms with Gasteiger partial charge in [-0.25, -0.2) is 9.97 Å². The van der Waals surface area contributed by atoms with E-state index in [0.29, 0.717) is 22.6 Å². The van der Waals surface area contributed by atoms with Gasteiger partial charge in [0.2, 0.25) is 5.95 Å². The molecule has 2 atom stereocenters. The van der Waals surface area contributed by atoms with Crippen molar-refractivity contribution in [2.24, 2.45) is 11.7 Å². The average Bonchev–Trinajstić information content (AvgIpc) is 2.71. The van der Waals surface area contributed by atoms with Crippen molar-refractivity contribution in [1.82, 2.24) is 14.9 Å². The number of anilines is 1. The Bertz CT molecular complexity index is 448. The number of hydrogen-bond acceptors (Lipinski definition) is 5. The Morgan fingerprint density at radius 2 is 2.22 bits per heavy atom. The van der Waals surface area contributed by atoms with Crippen molar-refractivity contribution in [2.45, 2.75) is 13.0 Å². The number of aromatic nitrogens is 2. The molecule has 2 heterocycles. The summed E-state index contributed by atoms with van der Waals surface area (Å²) < 4.78 is 0. The van der Waals surface area contributed by atoms with Gasteiger partial charge in [-0.15, -0.1) is 0 Å². The summed E-state index contributed by atoms with van der Waals surface area (Å²) in [5.41, 5.74) is 6.23. The molecule has 6 heteroatoms. The summed E-state index contributed by atoms with van der Waals surface area (Å²) in [5.74, 6) is 1.31. The van der Waals surface area contributed by atoms with Crippen LogP contribution >= 0.6 is 12.2 Å². The van der Waals surface area contributed by atoms with Crippen LogP contribution in [0.2, 0.25) is 0 Å². The Morgan fingerprint density at radius 3 is 2.78 bits per heavy atom. The average molecular weight is 265 g/mol. The molecule has 0 bridgehead atoms. The second kappa shape index (κ2) is 5.16. The molecular weight excluding hydrogens is 246 g/mol. The lowest BCUT2D eigenvalue weighted by Gasteiger charge is -2.22. The van der Waals surface area contributed by atoms with Crippen molar-refractivity contribution in [2.75, 3.05) is 32.1 Å². The van der Waals surface area contributed by atoms with Gasteiger partial charge in [0.15, 0.2) is 0 Å². The molecule has 0 saturated carbocycles. The summed E-state index contributed by atoms with van der Waals surface area (Å²) in [6.45, 7) is 4.15. The van der Waals surface area contributed by atoms with Crippen LogP contribution < -0.4 is 10.6 Å². The van der Waals surface area contributed by atoms with Crippen molar-refractivity contribution in [3.63, 3.8) is 0 Å². The second-order valence-corrected chi connectivity index (χ2v) is 5.46. The number of likely N-dealkylation sites (N-methyl/N-ethyl adjacent to an activating group) is 1. The molecule has 18 heavy (non-hydrogen) atoms. The molecule has 0 spiro atoms. The van der Waals surface area contributed by atoms with Gasteiger partial charge in [0, 0.05) is 25.3 Å². The van der Waals surface area contributed by atoms with Gasteiger partial charge in [-0.3, -0.25) is 0 Å². The molecule has 1 fully saturated rings. The van der Waals surface area contributed by atoms with Gasteiger partial charge < -0.3 is 15.5 Å². The third-order valence-corrected chi connectivity index (χ3v) is 3.62. The molecule has 1 saturated heterocycles. The monoisotopic (exact) mass is 265 g/mol. The van der Waals surface area contributed by atoms with E-state index in [1.54, 1.807) is 12.3 Å². The van der Waals surface area contributed by atoms with Crippen LogP contribution in [0.4, 0.5) is 5.95 Å². The van der Waals surface area contributed by atoms with Gasteiger partial charge >= 0.3 is 0 Å². The fourth-order valence-electron chi connectivity index (χ4n) is 2.42. The first kappa shape index (κ1) is 13.2. The van der Waals surface area contributed by atoms with Crippen LogP contribution in [0.25, 0.3) is 0 Å². The van der Waals surface area contributed by atoms with Crippen molar-refractivity contribution in [3.05, 3.63) is 18.0 Å². The quantitative estimate of drug-likeness (QED) is 0.803. The van der Waals surface area contributed by atoms with E-state index < -0.39 is 0 Å². The van der Waals surface area contributed by atoms with Gasteiger partial charge in [-0.2, -0.15) is 0 Å².